The van der Waals surface area contributed by atoms with E-state index in [1.54, 1.807) is 0 Å². The molecule has 0 aromatic carbocycles. The molecule has 6 atom stereocenters. The molecule has 4 nitrogen and oxygen atoms in total. The molecule has 0 amide bonds. The maximum atomic E-state index is 9.61. The van der Waals surface area contributed by atoms with Crippen LogP contribution in [0.2, 0.25) is 0 Å². The van der Waals surface area contributed by atoms with Crippen molar-refractivity contribution in [3.8, 4) is 0 Å². The molecule has 0 aromatic rings. The molecule has 5 heteroatoms. The van der Waals surface area contributed by atoms with Crippen molar-refractivity contribution in [2.75, 3.05) is 6.61 Å². The van der Waals surface area contributed by atoms with E-state index in [9.17, 15) is 5.11 Å². The van der Waals surface area contributed by atoms with Crippen LogP contribution in [0.5, 0.6) is 0 Å². The van der Waals surface area contributed by atoms with Gasteiger partial charge in [0.05, 0.1) is 24.4 Å². The minimum atomic E-state index is -0.265. The molecule has 0 radical (unpaired) electrons. The lowest BCUT2D eigenvalue weighted by atomic mass is 10.0. The standard InChI is InChI=1S/C14H25IO4/c1-4-5-11(6-9(2)8-16)18-14(10(3)19-15)12-7-13(12)17/h4,9-14,16-17H,1,5-8H2,2-3H3/t9-,10+,11-,12-,13?,14?/m1/s1. The summed E-state index contributed by atoms with van der Waals surface area (Å²) in [5, 5.41) is 18.8. The van der Waals surface area contributed by atoms with Crippen LogP contribution in [0.15, 0.2) is 12.7 Å². The summed E-state index contributed by atoms with van der Waals surface area (Å²) in [5.74, 6) is 0.368. The minimum absolute atomic E-state index is 0.0199. The van der Waals surface area contributed by atoms with Gasteiger partial charge in [0, 0.05) is 12.5 Å². The summed E-state index contributed by atoms with van der Waals surface area (Å²) < 4.78 is 11.5. The Balaban J connectivity index is 2.59. The predicted molar refractivity (Wildman–Crippen MR) is 83.0 cm³/mol. The molecular formula is C14H25IO4. The monoisotopic (exact) mass is 384 g/mol. The van der Waals surface area contributed by atoms with Crippen molar-refractivity contribution < 1.29 is 18.0 Å². The van der Waals surface area contributed by atoms with Gasteiger partial charge in [0.1, 0.15) is 23.0 Å². The van der Waals surface area contributed by atoms with Gasteiger partial charge in [-0.25, -0.2) is 0 Å². The molecule has 0 bridgehead atoms. The average molecular weight is 384 g/mol. The first-order chi connectivity index (χ1) is 9.03. The smallest absolute Gasteiger partial charge is 0.110 e. The lowest BCUT2D eigenvalue weighted by molar-refractivity contribution is -0.0773. The molecule has 0 aliphatic heterocycles. The highest BCUT2D eigenvalue weighted by Gasteiger charge is 2.46. The van der Waals surface area contributed by atoms with Crippen LogP contribution in [-0.4, -0.2) is 41.2 Å². The highest BCUT2D eigenvalue weighted by atomic mass is 127. The Hall–Kier alpha value is 0.310. The zero-order chi connectivity index (χ0) is 14.4. The second kappa shape index (κ2) is 8.56. The van der Waals surface area contributed by atoms with Crippen LogP contribution in [0.1, 0.15) is 33.1 Å². The summed E-state index contributed by atoms with van der Waals surface area (Å²) in [6.07, 6.45) is 3.76. The van der Waals surface area contributed by atoms with E-state index in [0.717, 1.165) is 19.3 Å². The number of hydrogen-bond donors (Lipinski definition) is 2. The molecule has 112 valence electrons. The van der Waals surface area contributed by atoms with Gasteiger partial charge in [0.25, 0.3) is 0 Å². The van der Waals surface area contributed by atoms with Gasteiger partial charge in [-0.15, -0.1) is 6.58 Å². The van der Waals surface area contributed by atoms with Crippen molar-refractivity contribution in [3.63, 3.8) is 0 Å². The summed E-state index contributed by atoms with van der Waals surface area (Å²) >= 11 is 1.88. The van der Waals surface area contributed by atoms with Crippen molar-refractivity contribution >= 4 is 23.0 Å². The zero-order valence-electron chi connectivity index (χ0n) is 11.7. The summed E-state index contributed by atoms with van der Waals surface area (Å²) in [7, 11) is 0. The van der Waals surface area contributed by atoms with Crippen LogP contribution in [0, 0.1) is 11.8 Å². The van der Waals surface area contributed by atoms with Crippen molar-refractivity contribution in [3.05, 3.63) is 12.7 Å². The third-order valence-corrected chi connectivity index (χ3v) is 4.39. The molecular weight excluding hydrogens is 359 g/mol. The van der Waals surface area contributed by atoms with Gasteiger partial charge in [-0.1, -0.05) is 13.0 Å². The molecule has 1 aliphatic rings. The first kappa shape index (κ1) is 17.4. The molecule has 0 aromatic heterocycles. The van der Waals surface area contributed by atoms with E-state index in [1.165, 1.54) is 0 Å². The van der Waals surface area contributed by atoms with Crippen molar-refractivity contribution in [2.24, 2.45) is 11.8 Å². The molecule has 2 unspecified atom stereocenters. The lowest BCUT2D eigenvalue weighted by Crippen LogP contribution is -2.35. The Bertz CT molecular complexity index is 270. The van der Waals surface area contributed by atoms with Crippen LogP contribution in [0.4, 0.5) is 0 Å². The van der Waals surface area contributed by atoms with E-state index in [4.69, 9.17) is 12.9 Å². The Morgan fingerprint density at radius 1 is 1.47 bits per heavy atom. The highest BCUT2D eigenvalue weighted by molar-refractivity contribution is 14.1. The third kappa shape index (κ3) is 5.67. The van der Waals surface area contributed by atoms with E-state index in [1.807, 2.05) is 42.9 Å². The van der Waals surface area contributed by atoms with Crippen LogP contribution in [-0.2, 0) is 7.80 Å². The van der Waals surface area contributed by atoms with Gasteiger partial charge >= 0.3 is 0 Å². The number of ether oxygens (including phenoxy) is 1. The molecule has 1 saturated carbocycles. The third-order valence-electron chi connectivity index (χ3n) is 3.59. The van der Waals surface area contributed by atoms with Crippen LogP contribution in [0.25, 0.3) is 0 Å². The van der Waals surface area contributed by atoms with E-state index >= 15 is 0 Å². The predicted octanol–water partition coefficient (Wildman–Crippen LogP) is 2.47. The second-order valence-electron chi connectivity index (χ2n) is 5.53. The van der Waals surface area contributed by atoms with Gasteiger partial charge in [-0.05, 0) is 32.1 Å². The van der Waals surface area contributed by atoms with Crippen molar-refractivity contribution in [1.29, 1.82) is 0 Å². The molecule has 0 saturated heterocycles. The number of halogens is 1. The van der Waals surface area contributed by atoms with Gasteiger partial charge in [0.2, 0.25) is 0 Å². The molecule has 0 heterocycles. The Morgan fingerprint density at radius 3 is 2.53 bits per heavy atom. The summed E-state index contributed by atoms with van der Waals surface area (Å²) in [5.41, 5.74) is 0. The van der Waals surface area contributed by atoms with E-state index in [-0.39, 0.29) is 42.9 Å². The van der Waals surface area contributed by atoms with Crippen molar-refractivity contribution in [2.45, 2.75) is 57.5 Å². The summed E-state index contributed by atoms with van der Waals surface area (Å²) in [6, 6.07) is 0. The first-order valence-corrected chi connectivity index (χ1v) is 7.74. The van der Waals surface area contributed by atoms with E-state index in [0.29, 0.717) is 0 Å². The molecule has 1 aliphatic carbocycles. The Kier molecular flexibility index (Phi) is 7.83. The van der Waals surface area contributed by atoms with Gasteiger partial charge in [0.15, 0.2) is 0 Å². The van der Waals surface area contributed by atoms with Crippen LogP contribution < -0.4 is 0 Å². The first-order valence-electron chi connectivity index (χ1n) is 6.86. The van der Waals surface area contributed by atoms with Gasteiger partial charge in [-0.2, -0.15) is 0 Å². The largest absolute Gasteiger partial charge is 0.396 e. The molecule has 1 rings (SSSR count). The lowest BCUT2D eigenvalue weighted by Gasteiger charge is -2.28. The van der Waals surface area contributed by atoms with Gasteiger partial charge in [-0.3, -0.25) is 0 Å². The SMILES string of the molecule is C=CC[C@H](C[C@@H](C)CO)OC([C@@H]1CC1O)[C@H](C)OI. The van der Waals surface area contributed by atoms with Gasteiger partial charge < -0.3 is 18.0 Å². The summed E-state index contributed by atoms with van der Waals surface area (Å²) in [6.45, 7) is 7.88. The Labute approximate surface area is 129 Å². The fourth-order valence-corrected chi connectivity index (χ4v) is 2.59. The average Bonchev–Trinajstić information content (AvgIpc) is 3.11. The number of aliphatic hydroxyl groups excluding tert-OH is 2. The van der Waals surface area contributed by atoms with E-state index in [2.05, 4.69) is 6.58 Å². The quantitative estimate of drug-likeness (QED) is 0.449. The fourth-order valence-electron chi connectivity index (χ4n) is 2.30. The topological polar surface area (TPSA) is 58.9 Å². The molecule has 0 spiro atoms. The fraction of sp³-hybridized carbons (Fsp3) is 0.857. The molecule has 2 N–H and O–H groups in total. The minimum Gasteiger partial charge on any atom is -0.396 e. The maximum absolute atomic E-state index is 9.61. The number of hydrogen-bond acceptors (Lipinski definition) is 4. The Morgan fingerprint density at radius 2 is 2.11 bits per heavy atom. The molecule has 19 heavy (non-hydrogen) atoms. The normalized spacial score (nSPS) is 28.5. The number of aliphatic hydroxyl groups is 2. The second-order valence-corrected chi connectivity index (χ2v) is 6.04. The maximum Gasteiger partial charge on any atom is 0.110 e. The van der Waals surface area contributed by atoms with Crippen LogP contribution >= 0.6 is 23.0 Å². The van der Waals surface area contributed by atoms with E-state index < -0.39 is 0 Å². The number of rotatable bonds is 10. The van der Waals surface area contributed by atoms with Crippen molar-refractivity contribution in [1.82, 2.24) is 0 Å². The molecule has 1 fully saturated rings. The highest BCUT2D eigenvalue weighted by Crippen LogP contribution is 2.38. The van der Waals surface area contributed by atoms with Crippen LogP contribution in [0.3, 0.4) is 0 Å². The zero-order valence-corrected chi connectivity index (χ0v) is 13.8. The summed E-state index contributed by atoms with van der Waals surface area (Å²) in [4.78, 5) is 0.